The zero-order valence-electron chi connectivity index (χ0n) is 16.9. The molecule has 1 aliphatic rings. The summed E-state index contributed by atoms with van der Waals surface area (Å²) >= 11 is 0. The summed E-state index contributed by atoms with van der Waals surface area (Å²) in [6.07, 6.45) is -7.82. The molecule has 4 nitrogen and oxygen atoms in total. The van der Waals surface area contributed by atoms with Crippen molar-refractivity contribution in [2.75, 3.05) is 39.4 Å². The number of rotatable bonds is 10. The zero-order chi connectivity index (χ0) is 28.8. The van der Waals surface area contributed by atoms with Crippen LogP contribution in [0.4, 0.5) is 74.6 Å². The van der Waals surface area contributed by atoms with Crippen LogP contribution in [0.15, 0.2) is 0 Å². The molecule has 0 aliphatic carbocycles. The number of halogens is 17. The second kappa shape index (κ2) is 9.50. The summed E-state index contributed by atoms with van der Waals surface area (Å²) in [5.41, 5.74) is 0. The highest BCUT2D eigenvalue weighted by molar-refractivity contribution is 5.84. The number of amides is 1. The van der Waals surface area contributed by atoms with Crippen molar-refractivity contribution in [1.82, 2.24) is 10.2 Å². The molecule has 0 aromatic carbocycles. The van der Waals surface area contributed by atoms with Crippen molar-refractivity contribution >= 4 is 5.91 Å². The minimum Gasteiger partial charge on any atom is -0.379 e. The Balaban J connectivity index is 3.30. The fraction of sp³-hybridized carbons (Fsp3) is 0.933. The molecule has 1 aliphatic heterocycles. The van der Waals surface area contributed by atoms with Crippen LogP contribution in [0.25, 0.3) is 0 Å². The molecular formula is C15H13F17N2O2. The molecule has 0 unspecified atom stereocenters. The Hall–Kier alpha value is -1.80. The smallest absolute Gasteiger partial charge is 0.379 e. The second-order valence-electron chi connectivity index (χ2n) is 7.23. The molecule has 214 valence electrons. The lowest BCUT2D eigenvalue weighted by Crippen LogP contribution is -2.75. The fourth-order valence-corrected chi connectivity index (χ4v) is 2.57. The van der Waals surface area contributed by atoms with Crippen LogP contribution < -0.4 is 5.32 Å². The van der Waals surface area contributed by atoms with Gasteiger partial charge in [-0.05, 0) is 0 Å². The van der Waals surface area contributed by atoms with Gasteiger partial charge in [-0.2, -0.15) is 74.6 Å². The number of carbonyl (C=O) groups is 1. The molecule has 0 saturated carbocycles. The summed E-state index contributed by atoms with van der Waals surface area (Å²) < 4.78 is 229. The van der Waals surface area contributed by atoms with Crippen LogP contribution in [0.3, 0.4) is 0 Å². The van der Waals surface area contributed by atoms with E-state index in [1.807, 2.05) is 0 Å². The third-order valence-electron chi connectivity index (χ3n) is 4.82. The number of alkyl halides is 17. The molecule has 1 heterocycles. The third-order valence-corrected chi connectivity index (χ3v) is 4.82. The Labute approximate surface area is 188 Å². The first-order valence-corrected chi connectivity index (χ1v) is 9.05. The number of nitrogens with zero attached hydrogens (tertiary/aromatic N) is 1. The zero-order valence-corrected chi connectivity index (χ0v) is 16.9. The van der Waals surface area contributed by atoms with Gasteiger partial charge >= 0.3 is 47.6 Å². The molecule has 1 amide bonds. The Morgan fingerprint density at radius 2 is 0.972 bits per heavy atom. The fourth-order valence-electron chi connectivity index (χ4n) is 2.57. The number of morpholine rings is 1. The van der Waals surface area contributed by atoms with Gasteiger partial charge in [0.25, 0.3) is 5.91 Å². The van der Waals surface area contributed by atoms with E-state index in [1.165, 1.54) is 4.90 Å². The van der Waals surface area contributed by atoms with E-state index in [9.17, 15) is 79.4 Å². The largest absolute Gasteiger partial charge is 0.460 e. The maximum atomic E-state index is 13.7. The van der Waals surface area contributed by atoms with Gasteiger partial charge in [-0.3, -0.25) is 9.69 Å². The first-order valence-electron chi connectivity index (χ1n) is 9.05. The quantitative estimate of drug-likeness (QED) is 0.392. The van der Waals surface area contributed by atoms with Crippen LogP contribution in [0.2, 0.25) is 0 Å². The lowest BCUT2D eigenvalue weighted by Gasteiger charge is -2.42. The number of carbonyl (C=O) groups excluding carboxylic acids is 1. The molecule has 1 fully saturated rings. The first kappa shape index (κ1) is 32.2. The van der Waals surface area contributed by atoms with Crippen molar-refractivity contribution in [3.05, 3.63) is 0 Å². The Morgan fingerprint density at radius 1 is 0.611 bits per heavy atom. The van der Waals surface area contributed by atoms with Crippen LogP contribution in [-0.2, 0) is 9.53 Å². The highest BCUT2D eigenvalue weighted by Gasteiger charge is 2.95. The summed E-state index contributed by atoms with van der Waals surface area (Å²) in [7, 11) is 0. The van der Waals surface area contributed by atoms with Crippen molar-refractivity contribution < 1.29 is 84.2 Å². The van der Waals surface area contributed by atoms with E-state index >= 15 is 0 Å². The van der Waals surface area contributed by atoms with E-state index in [0.29, 0.717) is 0 Å². The van der Waals surface area contributed by atoms with E-state index in [0.717, 1.165) is 5.32 Å². The van der Waals surface area contributed by atoms with Crippen molar-refractivity contribution in [3.63, 3.8) is 0 Å². The maximum absolute atomic E-state index is 13.7. The molecule has 0 atom stereocenters. The van der Waals surface area contributed by atoms with Crippen molar-refractivity contribution in [1.29, 1.82) is 0 Å². The predicted molar refractivity (Wildman–Crippen MR) is 81.0 cm³/mol. The van der Waals surface area contributed by atoms with Crippen LogP contribution in [0, 0.1) is 0 Å². The van der Waals surface area contributed by atoms with Gasteiger partial charge in [0.2, 0.25) is 0 Å². The molecule has 21 heteroatoms. The summed E-state index contributed by atoms with van der Waals surface area (Å²) in [5, 5.41) is 0.879. The van der Waals surface area contributed by atoms with Gasteiger partial charge in [-0.1, -0.05) is 0 Å². The predicted octanol–water partition coefficient (Wildman–Crippen LogP) is 4.44. The minimum absolute atomic E-state index is 0.0791. The maximum Gasteiger partial charge on any atom is 0.460 e. The standard InChI is InChI=1S/C15H13F17N2O2/c16-8(17,7(35)33-1-2-34-3-5-36-6-4-34)9(18,19)10(20,21)11(22,23)12(24,25)13(26,27)14(28,29)15(30,31)32/h1-6H2,(H,33,35). The van der Waals surface area contributed by atoms with Gasteiger partial charge in [0.1, 0.15) is 0 Å². The molecular weight excluding hydrogens is 563 g/mol. The van der Waals surface area contributed by atoms with E-state index < -0.39 is 66.6 Å². The summed E-state index contributed by atoms with van der Waals surface area (Å²) in [6, 6.07) is 0. The monoisotopic (exact) mass is 576 g/mol. The molecule has 0 aromatic heterocycles. The Kier molecular flexibility index (Phi) is 8.50. The summed E-state index contributed by atoms with van der Waals surface area (Å²) in [6.45, 7) is -1.15. The van der Waals surface area contributed by atoms with Gasteiger partial charge in [0, 0.05) is 26.2 Å². The lowest BCUT2D eigenvalue weighted by atomic mass is 9.89. The minimum atomic E-state index is -8.73. The van der Waals surface area contributed by atoms with Crippen LogP contribution in [-0.4, -0.2) is 97.8 Å². The molecule has 1 saturated heterocycles. The highest BCUT2D eigenvalue weighted by Crippen LogP contribution is 2.63. The molecule has 1 rings (SSSR count). The highest BCUT2D eigenvalue weighted by atomic mass is 19.4. The average molecular weight is 576 g/mol. The van der Waals surface area contributed by atoms with Crippen molar-refractivity contribution in [3.8, 4) is 0 Å². The molecule has 0 spiro atoms. The Morgan fingerprint density at radius 3 is 1.36 bits per heavy atom. The average Bonchev–Trinajstić information content (AvgIpc) is 2.72. The lowest BCUT2D eigenvalue weighted by molar-refractivity contribution is -0.459. The van der Waals surface area contributed by atoms with E-state index in [2.05, 4.69) is 0 Å². The molecule has 0 bridgehead atoms. The van der Waals surface area contributed by atoms with Gasteiger partial charge in [-0.15, -0.1) is 0 Å². The van der Waals surface area contributed by atoms with Crippen LogP contribution >= 0.6 is 0 Å². The van der Waals surface area contributed by atoms with E-state index in [-0.39, 0.29) is 26.3 Å². The number of ether oxygens (including phenoxy) is 1. The van der Waals surface area contributed by atoms with Crippen LogP contribution in [0.1, 0.15) is 0 Å². The topological polar surface area (TPSA) is 41.6 Å². The SMILES string of the molecule is O=C(NCCN1CCOCC1)C(F)(F)C(F)(F)C(F)(F)C(F)(F)C(F)(F)C(F)(F)C(F)(F)C(F)(F)F. The molecule has 36 heavy (non-hydrogen) atoms. The van der Waals surface area contributed by atoms with Gasteiger partial charge in [-0.25, -0.2) is 0 Å². The van der Waals surface area contributed by atoms with Gasteiger partial charge in [0.05, 0.1) is 13.2 Å². The van der Waals surface area contributed by atoms with Gasteiger partial charge in [0.15, 0.2) is 0 Å². The summed E-state index contributed by atoms with van der Waals surface area (Å²) in [4.78, 5) is 12.6. The van der Waals surface area contributed by atoms with E-state index in [1.54, 1.807) is 0 Å². The molecule has 0 aromatic rings. The molecule has 1 N–H and O–H groups in total. The Bertz CT molecular complexity index is 789. The van der Waals surface area contributed by atoms with Crippen LogP contribution in [0.5, 0.6) is 0 Å². The van der Waals surface area contributed by atoms with Gasteiger partial charge < -0.3 is 10.1 Å². The normalized spacial score (nSPS) is 18.4. The van der Waals surface area contributed by atoms with E-state index in [4.69, 9.17) is 4.74 Å². The number of hydrogen-bond acceptors (Lipinski definition) is 3. The van der Waals surface area contributed by atoms with Crippen molar-refractivity contribution in [2.45, 2.75) is 47.6 Å². The first-order chi connectivity index (χ1) is 15.7. The summed E-state index contributed by atoms with van der Waals surface area (Å²) in [5.74, 6) is -61.4. The second-order valence-corrected chi connectivity index (χ2v) is 7.23. The van der Waals surface area contributed by atoms with Crippen molar-refractivity contribution in [2.24, 2.45) is 0 Å². The number of nitrogens with one attached hydrogen (secondary N) is 1. The number of hydrogen-bond donors (Lipinski definition) is 1. The molecule has 0 radical (unpaired) electrons. The third kappa shape index (κ3) is 4.75.